The maximum absolute atomic E-state index is 15.2. The van der Waals surface area contributed by atoms with Gasteiger partial charge in [0, 0.05) is 16.7 Å². The topological polar surface area (TPSA) is 494 Å². The summed E-state index contributed by atoms with van der Waals surface area (Å²) < 4.78 is 58.8. The molecule has 9 aliphatic rings. The van der Waals surface area contributed by atoms with Crippen LogP contribution in [0.2, 0.25) is 0 Å². The lowest BCUT2D eigenvalue weighted by atomic mass is 9.38. The van der Waals surface area contributed by atoms with Gasteiger partial charge in [0.05, 0.1) is 56.9 Å². The number of aliphatic hydroxyl groups excluding tert-OH is 18. The highest BCUT2D eigenvalue weighted by Crippen LogP contribution is 2.74. The molecule has 3 saturated carbocycles. The number of carbonyl (C=O) groups is 1. The Labute approximate surface area is 521 Å². The zero-order valence-electron chi connectivity index (χ0n) is 52.0. The van der Waals surface area contributed by atoms with Crippen molar-refractivity contribution in [3.8, 4) is 0 Å². The molecule has 0 bridgehead atoms. The van der Waals surface area contributed by atoms with Gasteiger partial charge in [-0.3, -0.25) is 4.79 Å². The highest BCUT2D eigenvalue weighted by atomic mass is 16.8. The normalized spacial score (nSPS) is 51.4. The molecule has 0 amide bonds. The van der Waals surface area contributed by atoms with E-state index in [1.807, 2.05) is 20.8 Å². The smallest absolute Gasteiger partial charge is 0.187 e. The minimum Gasteiger partial charge on any atom is -0.394 e. The number of ketones is 1. The molecular formula is C60H100O30. The molecule has 520 valence electrons. The second-order valence-electron chi connectivity index (χ2n) is 28.7. The molecule has 4 aliphatic carbocycles. The highest BCUT2D eigenvalue weighted by Gasteiger charge is 2.72. The fraction of sp³-hybridized carbons (Fsp3) is 0.950. The molecule has 0 radical (unpaired) electrons. The maximum Gasteiger partial charge on any atom is 0.187 e. The molecule has 35 atom stereocenters. The van der Waals surface area contributed by atoms with Crippen molar-refractivity contribution in [3.63, 3.8) is 0 Å². The Morgan fingerprint density at radius 2 is 0.967 bits per heavy atom. The Hall–Kier alpha value is -1.75. The Morgan fingerprint density at radius 3 is 1.44 bits per heavy atom. The van der Waals surface area contributed by atoms with Crippen molar-refractivity contribution >= 4 is 5.78 Å². The van der Waals surface area contributed by atoms with E-state index < -0.39 is 238 Å². The first-order valence-corrected chi connectivity index (χ1v) is 31.5. The molecule has 90 heavy (non-hydrogen) atoms. The molecule has 5 saturated heterocycles. The van der Waals surface area contributed by atoms with Crippen molar-refractivity contribution in [2.24, 2.45) is 45.3 Å². The van der Waals surface area contributed by atoms with Crippen LogP contribution in [0.4, 0.5) is 0 Å². The fourth-order valence-corrected chi connectivity index (χ4v) is 16.8. The average Bonchev–Trinajstić information content (AvgIpc) is 1.26. The molecule has 0 unspecified atom stereocenters. The van der Waals surface area contributed by atoms with Gasteiger partial charge in [0.15, 0.2) is 37.2 Å². The number of hydrogen-bond acceptors (Lipinski definition) is 30. The minimum atomic E-state index is -2.02. The van der Waals surface area contributed by atoms with Crippen LogP contribution in [-0.2, 0) is 52.2 Å². The molecule has 0 aromatic rings. The summed E-state index contributed by atoms with van der Waals surface area (Å²) in [5.74, 6) is -1.29. The van der Waals surface area contributed by atoms with E-state index in [2.05, 4.69) is 20.8 Å². The van der Waals surface area contributed by atoms with Crippen LogP contribution in [0.15, 0.2) is 11.6 Å². The first kappa shape index (κ1) is 72.5. The van der Waals surface area contributed by atoms with E-state index in [4.69, 9.17) is 47.4 Å². The van der Waals surface area contributed by atoms with Crippen molar-refractivity contribution in [3.05, 3.63) is 11.6 Å². The van der Waals surface area contributed by atoms with Crippen molar-refractivity contribution in [1.82, 2.24) is 0 Å². The summed E-state index contributed by atoms with van der Waals surface area (Å²) in [7, 11) is 0. The molecule has 30 nitrogen and oxygen atoms in total. The lowest BCUT2D eigenvalue weighted by Gasteiger charge is -2.66. The van der Waals surface area contributed by atoms with E-state index in [1.54, 1.807) is 6.08 Å². The summed E-state index contributed by atoms with van der Waals surface area (Å²) in [5.41, 5.74) is -4.02. The maximum atomic E-state index is 15.2. The van der Waals surface area contributed by atoms with E-state index >= 15 is 4.79 Å². The van der Waals surface area contributed by atoms with Crippen LogP contribution in [0.3, 0.4) is 0 Å². The third-order valence-corrected chi connectivity index (χ3v) is 22.6. The molecule has 19 N–H and O–H groups in total. The van der Waals surface area contributed by atoms with Gasteiger partial charge >= 0.3 is 0 Å². The molecular weight excluding hydrogens is 1200 g/mol. The third-order valence-electron chi connectivity index (χ3n) is 22.6. The Balaban J connectivity index is 0.867. The summed E-state index contributed by atoms with van der Waals surface area (Å²) >= 11 is 0. The predicted molar refractivity (Wildman–Crippen MR) is 301 cm³/mol. The number of aliphatic hydroxyl groups is 19. The number of rotatable bonds is 20. The summed E-state index contributed by atoms with van der Waals surface area (Å²) in [4.78, 5) is 15.2. The number of carbonyl (C=O) groups excluding carboxylic acids is 1. The summed E-state index contributed by atoms with van der Waals surface area (Å²) in [6.07, 6.45) is -40.7. The number of hydrogen-bond donors (Lipinski definition) is 19. The van der Waals surface area contributed by atoms with Gasteiger partial charge in [0.2, 0.25) is 0 Å². The monoisotopic (exact) mass is 1300 g/mol. The van der Waals surface area contributed by atoms with Gasteiger partial charge in [0.1, 0.15) is 122 Å². The molecule has 5 aliphatic heterocycles. The van der Waals surface area contributed by atoms with Crippen molar-refractivity contribution in [2.75, 3.05) is 33.0 Å². The zero-order valence-corrected chi connectivity index (χ0v) is 52.0. The van der Waals surface area contributed by atoms with Crippen molar-refractivity contribution in [2.45, 2.75) is 278 Å². The van der Waals surface area contributed by atoms with Crippen LogP contribution in [0, 0.1) is 45.3 Å². The van der Waals surface area contributed by atoms with E-state index in [0.29, 0.717) is 38.5 Å². The standard InChI is InChI=1S/C60H100O30/c1-22(9-11-34(57(4,5)80)89-55-49(44(75)37(68)29(19-63)85-55)90-54-48(79)43(74)39(70)31(87-54)21-82-52-46(77)41(72)36(67)28(18-62)84-52)23-13-14-58(6)50-26(64)15-25-24(60(50,8)32(65)16-59(23,58)7)10-12-33(56(25,2)3)88-53-47(78)42(73)38(69)30(86-53)20-81-51-45(76)40(71)35(66)27(17-61)83-51/h15,22-24,27-55,61-63,65-80H,9-14,16-21H2,1-8H3/t22-,23+,24+,27+,28+,29+,30+,31+,32+,33-,34+,35+,36+,37+,38+,39+,40-,41-,42-,43-,44-,45+,46+,47+,48+,49+,50-,51+,52+,53-,54-,55-,58-,59+,60+/m0/s1. The van der Waals surface area contributed by atoms with Gasteiger partial charge in [-0.1, -0.05) is 47.1 Å². The van der Waals surface area contributed by atoms with E-state index in [9.17, 15) is 97.0 Å². The Kier molecular flexibility index (Phi) is 22.3. The quantitative estimate of drug-likeness (QED) is 0.0539. The van der Waals surface area contributed by atoms with Crippen LogP contribution in [0.1, 0.15) is 100 Å². The van der Waals surface area contributed by atoms with Crippen LogP contribution >= 0.6 is 0 Å². The van der Waals surface area contributed by atoms with E-state index in [0.717, 1.165) is 5.57 Å². The molecule has 30 heteroatoms. The average molecular weight is 1300 g/mol. The number of fused-ring (bicyclic) bond motifs is 5. The Morgan fingerprint density at radius 1 is 0.533 bits per heavy atom. The first-order valence-electron chi connectivity index (χ1n) is 31.5. The molecule has 0 aromatic heterocycles. The zero-order chi connectivity index (χ0) is 66.4. The van der Waals surface area contributed by atoms with Gasteiger partial charge in [-0.15, -0.1) is 0 Å². The van der Waals surface area contributed by atoms with E-state index in [-0.39, 0.29) is 30.0 Å². The molecule has 0 spiro atoms. The summed E-state index contributed by atoms with van der Waals surface area (Å²) in [6.45, 7) is 11.5. The molecule has 5 heterocycles. The van der Waals surface area contributed by atoms with Crippen LogP contribution < -0.4 is 0 Å². The van der Waals surface area contributed by atoms with Crippen molar-refractivity contribution in [1.29, 1.82) is 0 Å². The second-order valence-corrected chi connectivity index (χ2v) is 28.7. The van der Waals surface area contributed by atoms with Gasteiger partial charge in [-0.2, -0.15) is 0 Å². The number of ether oxygens (including phenoxy) is 10. The summed E-state index contributed by atoms with van der Waals surface area (Å²) in [6, 6.07) is 0. The molecule has 0 aromatic carbocycles. The SMILES string of the molecule is C[C@@H](CC[C@@H](O[C@@H]1O[C@H](CO)[C@@H](O)[C@H](O)[C@H]1O[C@@H]1O[C@H](CO[C@@H]2O[C@H](CO)[C@@H](O)[C@H](O)[C@H]2O)[C@@H](O)[C@H](O)[C@H]1O)C(C)(C)O)[C@H]1CC[C@@]2(C)[C@@H]3C(=O)C=C4[C@@H](CC[C@H](O[C@@H]5O[C@H](CO[C@@H]6O[C@H](CO)[C@@H](O)[C@H](O)[C@H]6O)[C@@H](O)[C@H](O)[C@H]5O)C4(C)C)[C@]3(C)[C@H](O)C[C@]12C. The number of allylic oxidation sites excluding steroid dienone is 1. The second kappa shape index (κ2) is 27.6. The van der Waals surface area contributed by atoms with Gasteiger partial charge in [-0.05, 0) is 93.5 Å². The van der Waals surface area contributed by atoms with E-state index in [1.165, 1.54) is 13.8 Å². The first-order chi connectivity index (χ1) is 42.0. The van der Waals surface area contributed by atoms with Crippen molar-refractivity contribution < 1.29 is 149 Å². The van der Waals surface area contributed by atoms with Gasteiger partial charge in [-0.25, -0.2) is 0 Å². The van der Waals surface area contributed by atoms with Gasteiger partial charge < -0.3 is 144 Å². The lowest BCUT2D eigenvalue weighted by Crippen LogP contribution is -2.67. The fourth-order valence-electron chi connectivity index (χ4n) is 16.8. The molecule has 8 fully saturated rings. The lowest BCUT2D eigenvalue weighted by molar-refractivity contribution is -0.379. The van der Waals surface area contributed by atoms with Crippen LogP contribution in [0.25, 0.3) is 0 Å². The van der Waals surface area contributed by atoms with Gasteiger partial charge in [0.25, 0.3) is 0 Å². The molecule has 9 rings (SSSR count). The Bertz CT molecular complexity index is 2430. The third kappa shape index (κ3) is 12.9. The van der Waals surface area contributed by atoms with Crippen LogP contribution in [-0.4, -0.2) is 313 Å². The minimum absolute atomic E-state index is 0.0766. The highest BCUT2D eigenvalue weighted by molar-refractivity contribution is 5.95. The van der Waals surface area contributed by atoms with Crippen LogP contribution in [0.5, 0.6) is 0 Å². The predicted octanol–water partition coefficient (Wildman–Crippen LogP) is -6.23. The summed E-state index contributed by atoms with van der Waals surface area (Å²) in [5, 5.41) is 205. The largest absolute Gasteiger partial charge is 0.394 e.